The molecule has 1 unspecified atom stereocenters. The average molecular weight is 599 g/mol. The number of halogens is 3. The lowest BCUT2D eigenvalue weighted by atomic mass is 9.97. The third-order valence-corrected chi connectivity index (χ3v) is 6.20. The van der Waals surface area contributed by atoms with Gasteiger partial charge >= 0.3 is 12.1 Å². The number of carbonyl (C=O) groups is 2. The molecule has 0 bridgehead atoms. The van der Waals surface area contributed by atoms with Gasteiger partial charge in [0.2, 0.25) is 0 Å². The van der Waals surface area contributed by atoms with Crippen molar-refractivity contribution in [2.75, 3.05) is 6.54 Å². The van der Waals surface area contributed by atoms with E-state index in [4.69, 9.17) is 14.7 Å². The molecule has 0 saturated heterocycles. The van der Waals surface area contributed by atoms with Gasteiger partial charge < -0.3 is 20.0 Å². The number of hydrogen-bond acceptors (Lipinski definition) is 5. The van der Waals surface area contributed by atoms with E-state index in [1.165, 1.54) is 18.3 Å². The molecule has 230 valence electrons. The molecular formula is C33H37F3N2O5. The molecule has 10 heteroatoms. The summed E-state index contributed by atoms with van der Waals surface area (Å²) in [7, 11) is 0. The fourth-order valence-corrected chi connectivity index (χ4v) is 4.14. The summed E-state index contributed by atoms with van der Waals surface area (Å²) in [6.07, 6.45) is -2.78. The average Bonchev–Trinajstić information content (AvgIpc) is 2.91. The molecule has 7 nitrogen and oxygen atoms in total. The Morgan fingerprint density at radius 1 is 0.977 bits per heavy atom. The molecule has 3 aromatic rings. The quantitative estimate of drug-likeness (QED) is 0.163. The Kier molecular flexibility index (Phi) is 11.0. The van der Waals surface area contributed by atoms with E-state index >= 15 is 0 Å². The number of rotatable bonds is 12. The standard InChI is InChI=1S/C33H37F3N2O5/c1-21(2)18-29(23-6-8-24(9-7-23)31(41)37-17-16-30(39)40)42-27-14-15-28(25(19-27)20-38-43-32(3,4)5)22-10-12-26(13-11-22)33(34,35)36/h6-15,19-21,29H,16-18H2,1-5H3,(H,37,41)(H,39,40)/b38-20+. The largest absolute Gasteiger partial charge is 0.486 e. The molecular weight excluding hydrogens is 561 g/mol. The second kappa shape index (κ2) is 14.2. The monoisotopic (exact) mass is 598 g/mol. The van der Waals surface area contributed by atoms with Crippen LogP contribution in [0.1, 0.15) is 80.6 Å². The second-order valence-electron chi connectivity index (χ2n) is 11.5. The number of benzene rings is 3. The number of nitrogens with zero attached hydrogens (tertiary/aromatic N) is 1. The van der Waals surface area contributed by atoms with Crippen LogP contribution in [0.2, 0.25) is 0 Å². The summed E-state index contributed by atoms with van der Waals surface area (Å²) in [5, 5.41) is 15.5. The maximum absolute atomic E-state index is 13.1. The summed E-state index contributed by atoms with van der Waals surface area (Å²) in [6, 6.07) is 17.1. The van der Waals surface area contributed by atoms with Gasteiger partial charge in [-0.05, 0) is 86.2 Å². The van der Waals surface area contributed by atoms with Gasteiger partial charge in [-0.2, -0.15) is 13.2 Å². The van der Waals surface area contributed by atoms with Crippen molar-refractivity contribution < 1.29 is 37.4 Å². The van der Waals surface area contributed by atoms with E-state index in [1.807, 2.05) is 20.8 Å². The molecule has 0 aromatic heterocycles. The topological polar surface area (TPSA) is 97.2 Å². The van der Waals surface area contributed by atoms with Crippen LogP contribution in [0.15, 0.2) is 71.9 Å². The Labute approximate surface area is 249 Å². The number of aliphatic carboxylic acids is 1. The van der Waals surface area contributed by atoms with E-state index in [0.717, 1.165) is 17.7 Å². The van der Waals surface area contributed by atoms with Gasteiger partial charge in [0.1, 0.15) is 17.5 Å². The zero-order chi connectivity index (χ0) is 31.8. The molecule has 0 aliphatic rings. The van der Waals surface area contributed by atoms with Gasteiger partial charge in [-0.3, -0.25) is 9.59 Å². The number of oxime groups is 1. The Hall–Kier alpha value is -4.34. The number of ether oxygens (including phenoxy) is 1. The third kappa shape index (κ3) is 10.5. The highest BCUT2D eigenvalue weighted by atomic mass is 19.4. The highest BCUT2D eigenvalue weighted by molar-refractivity contribution is 5.94. The van der Waals surface area contributed by atoms with Crippen LogP contribution in [-0.4, -0.2) is 35.3 Å². The minimum Gasteiger partial charge on any atom is -0.486 e. The fraction of sp³-hybridized carbons (Fsp3) is 0.364. The smallest absolute Gasteiger partial charge is 0.416 e. The Bertz CT molecular complexity index is 1410. The Morgan fingerprint density at radius 3 is 2.19 bits per heavy atom. The molecule has 1 amide bonds. The van der Waals surface area contributed by atoms with Crippen LogP contribution in [0, 0.1) is 5.92 Å². The summed E-state index contributed by atoms with van der Waals surface area (Å²) in [6.45, 7) is 9.71. The first-order valence-electron chi connectivity index (χ1n) is 13.9. The van der Waals surface area contributed by atoms with Crippen molar-refractivity contribution in [2.24, 2.45) is 11.1 Å². The summed E-state index contributed by atoms with van der Waals surface area (Å²) in [5.41, 5.74) is 1.79. The summed E-state index contributed by atoms with van der Waals surface area (Å²) < 4.78 is 45.8. The molecule has 0 radical (unpaired) electrons. The number of hydrogen-bond donors (Lipinski definition) is 2. The summed E-state index contributed by atoms with van der Waals surface area (Å²) in [4.78, 5) is 28.6. The predicted molar refractivity (Wildman–Crippen MR) is 159 cm³/mol. The molecule has 43 heavy (non-hydrogen) atoms. The van der Waals surface area contributed by atoms with E-state index in [-0.39, 0.29) is 30.9 Å². The van der Waals surface area contributed by atoms with Crippen molar-refractivity contribution in [1.82, 2.24) is 5.32 Å². The summed E-state index contributed by atoms with van der Waals surface area (Å²) >= 11 is 0. The number of nitrogens with one attached hydrogen (secondary N) is 1. The maximum atomic E-state index is 13.1. The van der Waals surface area contributed by atoms with Gasteiger partial charge in [0.25, 0.3) is 5.91 Å². The molecule has 0 aliphatic heterocycles. The zero-order valence-corrected chi connectivity index (χ0v) is 24.9. The first-order valence-corrected chi connectivity index (χ1v) is 13.9. The second-order valence-corrected chi connectivity index (χ2v) is 11.5. The normalized spacial score (nSPS) is 12.8. The van der Waals surface area contributed by atoms with Crippen LogP contribution in [0.3, 0.4) is 0 Å². The van der Waals surface area contributed by atoms with Crippen molar-refractivity contribution in [3.05, 3.63) is 89.0 Å². The van der Waals surface area contributed by atoms with Crippen LogP contribution in [0.25, 0.3) is 11.1 Å². The molecule has 0 saturated carbocycles. The van der Waals surface area contributed by atoms with Crippen LogP contribution in [0.4, 0.5) is 13.2 Å². The highest BCUT2D eigenvalue weighted by Crippen LogP contribution is 2.34. The third-order valence-electron chi connectivity index (χ3n) is 6.20. The van der Waals surface area contributed by atoms with Gasteiger partial charge in [0.05, 0.1) is 18.2 Å². The van der Waals surface area contributed by atoms with Gasteiger partial charge in [-0.25, -0.2) is 0 Å². The SMILES string of the molecule is CC(C)CC(Oc1ccc(-c2ccc(C(F)(F)F)cc2)c(/C=N/OC(C)(C)C)c1)c1ccc(C(=O)NCCC(=O)O)cc1. The lowest BCUT2D eigenvalue weighted by molar-refractivity contribution is -0.138. The highest BCUT2D eigenvalue weighted by Gasteiger charge is 2.30. The van der Waals surface area contributed by atoms with Crippen molar-refractivity contribution in [3.8, 4) is 16.9 Å². The number of carbonyl (C=O) groups excluding carboxylic acids is 1. The lowest BCUT2D eigenvalue weighted by Crippen LogP contribution is -2.26. The van der Waals surface area contributed by atoms with E-state index in [2.05, 4.69) is 24.3 Å². The number of carboxylic acids is 1. The lowest BCUT2D eigenvalue weighted by Gasteiger charge is -2.22. The van der Waals surface area contributed by atoms with E-state index in [0.29, 0.717) is 34.4 Å². The first kappa shape index (κ1) is 33.2. The van der Waals surface area contributed by atoms with Gasteiger partial charge in [-0.15, -0.1) is 0 Å². The first-order chi connectivity index (χ1) is 20.1. The fourth-order valence-electron chi connectivity index (χ4n) is 4.14. The molecule has 3 rings (SSSR count). The number of alkyl halides is 3. The van der Waals surface area contributed by atoms with Crippen LogP contribution in [0.5, 0.6) is 5.75 Å². The molecule has 0 spiro atoms. The molecule has 0 heterocycles. The van der Waals surface area contributed by atoms with E-state index in [9.17, 15) is 22.8 Å². The predicted octanol–water partition coefficient (Wildman–Crippen LogP) is 7.89. The van der Waals surface area contributed by atoms with Crippen molar-refractivity contribution in [1.29, 1.82) is 0 Å². The summed E-state index contributed by atoms with van der Waals surface area (Å²) in [5.74, 6) is -0.562. The van der Waals surface area contributed by atoms with Crippen molar-refractivity contribution in [2.45, 2.75) is 65.3 Å². The van der Waals surface area contributed by atoms with E-state index < -0.39 is 23.3 Å². The maximum Gasteiger partial charge on any atom is 0.416 e. The van der Waals surface area contributed by atoms with Crippen LogP contribution < -0.4 is 10.1 Å². The van der Waals surface area contributed by atoms with Crippen molar-refractivity contribution in [3.63, 3.8) is 0 Å². The molecule has 1 atom stereocenters. The number of carboxylic acid groups (broad SMARTS) is 1. The Balaban J connectivity index is 1.90. The van der Waals surface area contributed by atoms with Gasteiger partial charge in [-0.1, -0.05) is 49.3 Å². The molecule has 0 fully saturated rings. The molecule has 0 aliphatic carbocycles. The molecule has 2 N–H and O–H groups in total. The van der Waals surface area contributed by atoms with E-state index in [1.54, 1.807) is 42.5 Å². The zero-order valence-electron chi connectivity index (χ0n) is 24.9. The van der Waals surface area contributed by atoms with Crippen LogP contribution >= 0.6 is 0 Å². The Morgan fingerprint density at radius 2 is 1.63 bits per heavy atom. The van der Waals surface area contributed by atoms with Gasteiger partial charge in [0.15, 0.2) is 0 Å². The molecule has 3 aromatic carbocycles. The number of amides is 1. The minimum atomic E-state index is -4.44. The van der Waals surface area contributed by atoms with Crippen LogP contribution in [-0.2, 0) is 15.8 Å². The minimum absolute atomic E-state index is 0.0316. The van der Waals surface area contributed by atoms with Gasteiger partial charge in [0, 0.05) is 17.7 Å². The van der Waals surface area contributed by atoms with Crippen molar-refractivity contribution >= 4 is 18.1 Å².